The number of nitrogens with one attached hydrogen (secondary N) is 1. The van der Waals surface area contributed by atoms with Gasteiger partial charge in [-0.05, 0) is 25.5 Å². The average Bonchev–Trinajstić information content (AvgIpc) is 2.40. The van der Waals surface area contributed by atoms with Gasteiger partial charge in [0.1, 0.15) is 5.75 Å². The van der Waals surface area contributed by atoms with E-state index in [0.29, 0.717) is 17.6 Å². The molecule has 0 aliphatic carbocycles. The molecule has 18 heavy (non-hydrogen) atoms. The molecule has 94 valence electrons. The first-order valence-electron chi connectivity index (χ1n) is 5.95. The molecule has 5 heteroatoms. The van der Waals surface area contributed by atoms with Gasteiger partial charge >= 0.3 is 0 Å². The summed E-state index contributed by atoms with van der Waals surface area (Å²) in [5.41, 5.74) is 0.954. The molecule has 2 aromatic rings. The van der Waals surface area contributed by atoms with E-state index in [9.17, 15) is 0 Å². The van der Waals surface area contributed by atoms with Crippen LogP contribution in [0.1, 0.15) is 19.0 Å². The second-order valence-corrected chi connectivity index (χ2v) is 3.88. The van der Waals surface area contributed by atoms with E-state index in [1.54, 1.807) is 18.5 Å². The summed E-state index contributed by atoms with van der Waals surface area (Å²) in [4.78, 5) is 12.5. The normalized spacial score (nSPS) is 10.1. The fourth-order valence-corrected chi connectivity index (χ4v) is 1.36. The molecule has 5 nitrogen and oxygen atoms in total. The lowest BCUT2D eigenvalue weighted by Crippen LogP contribution is -2.04. The van der Waals surface area contributed by atoms with E-state index in [4.69, 9.17) is 4.74 Å². The Balaban J connectivity index is 2.06. The van der Waals surface area contributed by atoms with Crippen LogP contribution in [0, 0.1) is 6.92 Å². The zero-order valence-electron chi connectivity index (χ0n) is 10.6. The van der Waals surface area contributed by atoms with Crippen molar-refractivity contribution in [2.24, 2.45) is 0 Å². The molecule has 0 fully saturated rings. The van der Waals surface area contributed by atoms with Crippen LogP contribution in [0.25, 0.3) is 0 Å². The van der Waals surface area contributed by atoms with Crippen molar-refractivity contribution < 1.29 is 4.74 Å². The highest BCUT2D eigenvalue weighted by molar-refractivity contribution is 5.30. The summed E-state index contributed by atoms with van der Waals surface area (Å²) in [6.07, 6.45) is 4.37. The molecule has 0 unspecified atom stereocenters. The monoisotopic (exact) mass is 244 g/mol. The lowest BCUT2D eigenvalue weighted by Gasteiger charge is -2.06. The lowest BCUT2D eigenvalue weighted by molar-refractivity contribution is 0.460. The van der Waals surface area contributed by atoms with Crippen LogP contribution in [0.4, 0.5) is 5.95 Å². The molecular weight excluding hydrogens is 228 g/mol. The van der Waals surface area contributed by atoms with E-state index in [1.807, 2.05) is 19.1 Å². The van der Waals surface area contributed by atoms with Gasteiger partial charge < -0.3 is 10.1 Å². The Kier molecular flexibility index (Phi) is 4.06. The van der Waals surface area contributed by atoms with Crippen LogP contribution in [0.15, 0.2) is 30.6 Å². The molecule has 2 rings (SSSR count). The number of ether oxygens (including phenoxy) is 1. The van der Waals surface area contributed by atoms with Crippen molar-refractivity contribution in [2.75, 3.05) is 11.9 Å². The molecule has 0 aromatic carbocycles. The predicted molar refractivity (Wildman–Crippen MR) is 69.9 cm³/mol. The number of hydrogen-bond acceptors (Lipinski definition) is 5. The van der Waals surface area contributed by atoms with Gasteiger partial charge in [0.25, 0.3) is 0 Å². The van der Waals surface area contributed by atoms with Crippen LogP contribution in [-0.4, -0.2) is 21.5 Å². The summed E-state index contributed by atoms with van der Waals surface area (Å²) < 4.78 is 5.60. The second-order valence-electron chi connectivity index (χ2n) is 3.88. The standard InChI is InChI=1S/C13H16N4O/c1-3-7-14-13-15-8-6-12(17-13)18-11-5-4-10(2)16-9-11/h4-6,8-9H,3,7H2,1-2H3,(H,14,15,17). The van der Waals surface area contributed by atoms with Crippen molar-refractivity contribution in [3.05, 3.63) is 36.3 Å². The first-order chi connectivity index (χ1) is 8.78. The van der Waals surface area contributed by atoms with Gasteiger partial charge in [0.05, 0.1) is 6.20 Å². The van der Waals surface area contributed by atoms with Crippen LogP contribution < -0.4 is 10.1 Å². The fourth-order valence-electron chi connectivity index (χ4n) is 1.36. The summed E-state index contributed by atoms with van der Waals surface area (Å²) >= 11 is 0. The first kappa shape index (κ1) is 12.3. The molecule has 0 saturated carbocycles. The highest BCUT2D eigenvalue weighted by atomic mass is 16.5. The van der Waals surface area contributed by atoms with Crippen molar-refractivity contribution in [3.63, 3.8) is 0 Å². The first-order valence-corrected chi connectivity index (χ1v) is 5.95. The lowest BCUT2D eigenvalue weighted by atomic mass is 10.4. The average molecular weight is 244 g/mol. The van der Waals surface area contributed by atoms with Crippen molar-refractivity contribution in [2.45, 2.75) is 20.3 Å². The SMILES string of the molecule is CCCNc1nccc(Oc2ccc(C)nc2)n1. The maximum atomic E-state index is 5.60. The number of nitrogens with zero attached hydrogens (tertiary/aromatic N) is 3. The van der Waals surface area contributed by atoms with Gasteiger partial charge in [0, 0.05) is 24.5 Å². The zero-order chi connectivity index (χ0) is 12.8. The second kappa shape index (κ2) is 5.95. The van der Waals surface area contributed by atoms with Crippen LogP contribution >= 0.6 is 0 Å². The summed E-state index contributed by atoms with van der Waals surface area (Å²) in [6.45, 7) is 4.86. The molecule has 0 bridgehead atoms. The topological polar surface area (TPSA) is 59.9 Å². The molecule has 0 aliphatic heterocycles. The minimum Gasteiger partial charge on any atom is -0.437 e. The minimum absolute atomic E-state index is 0.509. The number of pyridine rings is 1. The van der Waals surface area contributed by atoms with Crippen molar-refractivity contribution in [3.8, 4) is 11.6 Å². The number of aromatic nitrogens is 3. The Morgan fingerprint density at radius 2 is 2.11 bits per heavy atom. The third-order valence-corrected chi connectivity index (χ3v) is 2.27. The maximum absolute atomic E-state index is 5.60. The van der Waals surface area contributed by atoms with Crippen LogP contribution in [0.5, 0.6) is 11.6 Å². The van der Waals surface area contributed by atoms with E-state index in [1.165, 1.54) is 0 Å². The Bertz CT molecular complexity index is 499. The molecule has 0 atom stereocenters. The highest BCUT2D eigenvalue weighted by Gasteiger charge is 2.01. The predicted octanol–water partition coefficient (Wildman–Crippen LogP) is 2.79. The van der Waals surface area contributed by atoms with E-state index in [2.05, 4.69) is 27.2 Å². The summed E-state index contributed by atoms with van der Waals surface area (Å²) in [7, 11) is 0. The van der Waals surface area contributed by atoms with E-state index in [0.717, 1.165) is 18.7 Å². The van der Waals surface area contributed by atoms with Gasteiger partial charge in [-0.3, -0.25) is 4.98 Å². The van der Waals surface area contributed by atoms with Gasteiger partial charge in [-0.25, -0.2) is 4.98 Å². The van der Waals surface area contributed by atoms with Gasteiger partial charge in [0.2, 0.25) is 11.8 Å². The van der Waals surface area contributed by atoms with Crippen molar-refractivity contribution >= 4 is 5.95 Å². The third kappa shape index (κ3) is 3.41. The molecule has 0 aliphatic rings. The van der Waals surface area contributed by atoms with Gasteiger partial charge in [-0.2, -0.15) is 4.98 Å². The number of rotatable bonds is 5. The molecule has 0 radical (unpaired) electrons. The molecule has 0 saturated heterocycles. The maximum Gasteiger partial charge on any atom is 0.225 e. The third-order valence-electron chi connectivity index (χ3n) is 2.27. The van der Waals surface area contributed by atoms with E-state index < -0.39 is 0 Å². The van der Waals surface area contributed by atoms with Crippen LogP contribution in [0.2, 0.25) is 0 Å². The highest BCUT2D eigenvalue weighted by Crippen LogP contribution is 2.18. The molecule has 2 heterocycles. The van der Waals surface area contributed by atoms with E-state index in [-0.39, 0.29) is 0 Å². The van der Waals surface area contributed by atoms with Gasteiger partial charge in [0.15, 0.2) is 0 Å². The number of anilines is 1. The quantitative estimate of drug-likeness (QED) is 0.876. The largest absolute Gasteiger partial charge is 0.437 e. The van der Waals surface area contributed by atoms with Crippen molar-refractivity contribution in [1.29, 1.82) is 0 Å². The Labute approximate surface area is 106 Å². The fraction of sp³-hybridized carbons (Fsp3) is 0.308. The molecule has 0 spiro atoms. The molecule has 2 aromatic heterocycles. The van der Waals surface area contributed by atoms with Crippen LogP contribution in [-0.2, 0) is 0 Å². The van der Waals surface area contributed by atoms with Crippen molar-refractivity contribution in [1.82, 2.24) is 15.0 Å². The summed E-state index contributed by atoms with van der Waals surface area (Å²) in [6, 6.07) is 5.48. The van der Waals surface area contributed by atoms with Crippen LogP contribution in [0.3, 0.4) is 0 Å². The summed E-state index contributed by atoms with van der Waals surface area (Å²) in [5.74, 6) is 1.75. The Morgan fingerprint density at radius 3 is 2.83 bits per heavy atom. The summed E-state index contributed by atoms with van der Waals surface area (Å²) in [5, 5.41) is 3.11. The smallest absolute Gasteiger partial charge is 0.225 e. The molecule has 0 amide bonds. The minimum atomic E-state index is 0.509. The van der Waals surface area contributed by atoms with Gasteiger partial charge in [-0.1, -0.05) is 6.92 Å². The number of aryl methyl sites for hydroxylation is 1. The Hall–Kier alpha value is -2.17. The van der Waals surface area contributed by atoms with E-state index >= 15 is 0 Å². The molecular formula is C13H16N4O. The number of hydrogen-bond donors (Lipinski definition) is 1. The Morgan fingerprint density at radius 1 is 1.22 bits per heavy atom. The molecule has 1 N–H and O–H groups in total. The zero-order valence-corrected chi connectivity index (χ0v) is 10.6. The van der Waals surface area contributed by atoms with Gasteiger partial charge in [-0.15, -0.1) is 0 Å².